The fourth-order valence-corrected chi connectivity index (χ4v) is 3.73. The van der Waals surface area contributed by atoms with Gasteiger partial charge in [-0.25, -0.2) is 0 Å². The van der Waals surface area contributed by atoms with Crippen LogP contribution in [0.15, 0.2) is 18.2 Å². The van der Waals surface area contributed by atoms with Gasteiger partial charge in [0.1, 0.15) is 5.75 Å². The zero-order chi connectivity index (χ0) is 15.0. The molecule has 2 N–H and O–H groups in total. The van der Waals surface area contributed by atoms with Crippen molar-refractivity contribution in [3.63, 3.8) is 0 Å². The molecule has 0 radical (unpaired) electrons. The van der Waals surface area contributed by atoms with Crippen LogP contribution in [0.1, 0.15) is 30.5 Å². The zero-order valence-corrected chi connectivity index (χ0v) is 13.4. The van der Waals surface area contributed by atoms with Gasteiger partial charge in [-0.3, -0.25) is 4.90 Å². The van der Waals surface area contributed by atoms with Crippen LogP contribution in [0.25, 0.3) is 0 Å². The summed E-state index contributed by atoms with van der Waals surface area (Å²) in [5.41, 5.74) is 9.26. The Balaban J connectivity index is 1.77. The summed E-state index contributed by atoms with van der Waals surface area (Å²) in [6.45, 7) is 5.70. The maximum absolute atomic E-state index is 6.60. The molecule has 1 aromatic rings. The van der Waals surface area contributed by atoms with E-state index in [-0.39, 0.29) is 6.04 Å². The fourth-order valence-electron chi connectivity index (χ4n) is 3.73. The van der Waals surface area contributed by atoms with Gasteiger partial charge in [-0.05, 0) is 50.1 Å². The van der Waals surface area contributed by atoms with Gasteiger partial charge in [-0.2, -0.15) is 0 Å². The van der Waals surface area contributed by atoms with E-state index in [2.05, 4.69) is 35.9 Å². The third-order valence-corrected chi connectivity index (χ3v) is 5.29. The first-order valence-corrected chi connectivity index (χ1v) is 7.97. The normalized spacial score (nSPS) is 31.0. The number of methoxy groups -OCH3 is 1. The molecular formula is C17H27N3O. The van der Waals surface area contributed by atoms with Crippen LogP contribution in [-0.2, 0) is 6.42 Å². The molecule has 0 amide bonds. The standard InChI is InChI=1S/C17H27N3O/c1-12-11-20(9-8-19(12)2)16-7-4-13-10-14(21-3)5-6-15(13)17(16)18/h5-6,10,12,16-17H,4,7-9,11,18H2,1-3H3. The molecule has 2 aliphatic rings. The molecule has 1 aliphatic carbocycles. The minimum absolute atomic E-state index is 0.121. The number of nitrogens with two attached hydrogens (primary N) is 1. The van der Waals surface area contributed by atoms with Crippen molar-refractivity contribution >= 4 is 0 Å². The number of benzene rings is 1. The molecule has 1 aliphatic heterocycles. The van der Waals surface area contributed by atoms with Crippen molar-refractivity contribution < 1.29 is 4.74 Å². The summed E-state index contributed by atoms with van der Waals surface area (Å²) in [6.07, 6.45) is 2.25. The predicted octanol–water partition coefficient (Wildman–Crippen LogP) is 1.65. The highest BCUT2D eigenvalue weighted by Crippen LogP contribution is 2.34. The van der Waals surface area contributed by atoms with Gasteiger partial charge in [0, 0.05) is 37.8 Å². The molecule has 116 valence electrons. The maximum atomic E-state index is 6.60. The summed E-state index contributed by atoms with van der Waals surface area (Å²) in [5, 5.41) is 0. The summed E-state index contributed by atoms with van der Waals surface area (Å²) in [5.74, 6) is 0.938. The number of rotatable bonds is 2. The van der Waals surface area contributed by atoms with E-state index < -0.39 is 0 Å². The van der Waals surface area contributed by atoms with Crippen molar-refractivity contribution in [3.8, 4) is 5.75 Å². The molecule has 0 saturated carbocycles. The second-order valence-electron chi connectivity index (χ2n) is 6.52. The van der Waals surface area contributed by atoms with Gasteiger partial charge in [-0.15, -0.1) is 0 Å². The topological polar surface area (TPSA) is 41.7 Å². The Morgan fingerprint density at radius 3 is 2.81 bits per heavy atom. The van der Waals surface area contributed by atoms with Crippen LogP contribution in [0.4, 0.5) is 0 Å². The quantitative estimate of drug-likeness (QED) is 0.899. The Morgan fingerprint density at radius 1 is 1.29 bits per heavy atom. The molecule has 1 fully saturated rings. The van der Waals surface area contributed by atoms with Crippen LogP contribution in [0, 0.1) is 0 Å². The van der Waals surface area contributed by atoms with Gasteiger partial charge >= 0.3 is 0 Å². The summed E-state index contributed by atoms with van der Waals surface area (Å²) < 4.78 is 5.33. The Labute approximate surface area is 127 Å². The van der Waals surface area contributed by atoms with Gasteiger partial charge in [0.2, 0.25) is 0 Å². The van der Waals surface area contributed by atoms with Gasteiger partial charge in [0.05, 0.1) is 7.11 Å². The third kappa shape index (κ3) is 2.80. The molecule has 0 spiro atoms. The number of aryl methyl sites for hydroxylation is 1. The Kier molecular flexibility index (Phi) is 4.20. The van der Waals surface area contributed by atoms with Crippen LogP contribution < -0.4 is 10.5 Å². The van der Waals surface area contributed by atoms with Gasteiger partial charge < -0.3 is 15.4 Å². The second kappa shape index (κ2) is 5.95. The highest BCUT2D eigenvalue weighted by molar-refractivity contribution is 5.40. The lowest BCUT2D eigenvalue weighted by Crippen LogP contribution is -2.56. The molecule has 0 aromatic heterocycles. The summed E-state index contributed by atoms with van der Waals surface area (Å²) >= 11 is 0. The van der Waals surface area contributed by atoms with Gasteiger partial charge in [-0.1, -0.05) is 6.07 Å². The minimum Gasteiger partial charge on any atom is -0.497 e. The van der Waals surface area contributed by atoms with Crippen LogP contribution in [0.5, 0.6) is 5.75 Å². The van der Waals surface area contributed by atoms with Crippen molar-refractivity contribution in [1.82, 2.24) is 9.80 Å². The second-order valence-corrected chi connectivity index (χ2v) is 6.52. The van der Waals surface area contributed by atoms with Crippen molar-refractivity contribution in [2.45, 2.75) is 37.9 Å². The van der Waals surface area contributed by atoms with Crippen molar-refractivity contribution in [1.29, 1.82) is 0 Å². The van der Waals surface area contributed by atoms with Crippen molar-refractivity contribution in [2.75, 3.05) is 33.8 Å². The smallest absolute Gasteiger partial charge is 0.119 e. The van der Waals surface area contributed by atoms with Crippen LogP contribution >= 0.6 is 0 Å². The van der Waals surface area contributed by atoms with Gasteiger partial charge in [0.15, 0.2) is 0 Å². The summed E-state index contributed by atoms with van der Waals surface area (Å²) in [4.78, 5) is 5.03. The molecular weight excluding hydrogens is 262 g/mol. The molecule has 4 nitrogen and oxygen atoms in total. The van der Waals surface area contributed by atoms with E-state index in [9.17, 15) is 0 Å². The Bertz CT molecular complexity index is 505. The SMILES string of the molecule is COc1ccc2c(c1)CCC(N1CCN(C)C(C)C1)C2N. The molecule has 3 rings (SSSR count). The lowest BCUT2D eigenvalue weighted by atomic mass is 9.83. The Hall–Kier alpha value is -1.10. The molecule has 0 bridgehead atoms. The van der Waals surface area contributed by atoms with Crippen LogP contribution in [0.3, 0.4) is 0 Å². The molecule has 3 atom stereocenters. The number of fused-ring (bicyclic) bond motifs is 1. The molecule has 3 unspecified atom stereocenters. The number of nitrogens with zero attached hydrogens (tertiary/aromatic N) is 2. The monoisotopic (exact) mass is 289 g/mol. The average Bonchev–Trinajstić information content (AvgIpc) is 2.50. The first kappa shape index (κ1) is 14.8. The number of hydrogen-bond acceptors (Lipinski definition) is 4. The van der Waals surface area contributed by atoms with Crippen molar-refractivity contribution in [2.24, 2.45) is 5.73 Å². The van der Waals surface area contributed by atoms with Crippen LogP contribution in [0.2, 0.25) is 0 Å². The zero-order valence-electron chi connectivity index (χ0n) is 13.4. The molecule has 1 saturated heterocycles. The lowest BCUT2D eigenvalue weighted by Gasteiger charge is -2.45. The maximum Gasteiger partial charge on any atom is 0.119 e. The number of likely N-dealkylation sites (N-methyl/N-ethyl adjacent to an activating group) is 1. The van der Waals surface area contributed by atoms with E-state index in [0.29, 0.717) is 12.1 Å². The van der Waals surface area contributed by atoms with E-state index in [0.717, 1.165) is 38.2 Å². The highest BCUT2D eigenvalue weighted by atomic mass is 16.5. The molecule has 21 heavy (non-hydrogen) atoms. The largest absolute Gasteiger partial charge is 0.497 e. The summed E-state index contributed by atoms with van der Waals surface area (Å²) in [6, 6.07) is 7.55. The van der Waals surface area contributed by atoms with E-state index in [1.165, 1.54) is 11.1 Å². The van der Waals surface area contributed by atoms with E-state index >= 15 is 0 Å². The third-order valence-electron chi connectivity index (χ3n) is 5.29. The van der Waals surface area contributed by atoms with Crippen LogP contribution in [-0.4, -0.2) is 55.7 Å². The van der Waals surface area contributed by atoms with E-state index in [4.69, 9.17) is 10.5 Å². The number of ether oxygens (including phenoxy) is 1. The lowest BCUT2D eigenvalue weighted by molar-refractivity contribution is 0.0560. The number of piperazine rings is 1. The molecule has 1 aromatic carbocycles. The first-order chi connectivity index (χ1) is 10.1. The summed E-state index contributed by atoms with van der Waals surface area (Å²) in [7, 11) is 3.93. The Morgan fingerprint density at radius 2 is 2.10 bits per heavy atom. The van der Waals surface area contributed by atoms with Crippen molar-refractivity contribution in [3.05, 3.63) is 29.3 Å². The minimum atomic E-state index is 0.121. The van der Waals surface area contributed by atoms with E-state index in [1.807, 2.05) is 6.07 Å². The first-order valence-electron chi connectivity index (χ1n) is 7.97. The fraction of sp³-hybridized carbons (Fsp3) is 0.647. The predicted molar refractivity (Wildman–Crippen MR) is 85.7 cm³/mol. The molecule has 1 heterocycles. The highest BCUT2D eigenvalue weighted by Gasteiger charge is 2.34. The van der Waals surface area contributed by atoms with Gasteiger partial charge in [0.25, 0.3) is 0 Å². The molecule has 4 heteroatoms. The average molecular weight is 289 g/mol. The number of hydrogen-bond donors (Lipinski definition) is 1. The van der Waals surface area contributed by atoms with E-state index in [1.54, 1.807) is 7.11 Å².